The minimum absolute atomic E-state index is 0.253. The molecule has 1 amide bonds. The molecule has 1 aliphatic heterocycles. The van der Waals surface area contributed by atoms with E-state index in [4.69, 9.17) is 4.74 Å². The molecular weight excluding hydrogens is 208 g/mol. The third-order valence-corrected chi connectivity index (χ3v) is 1.74. The number of hydrogen-bond acceptors (Lipinski definition) is 4. The molecule has 5 nitrogen and oxygen atoms in total. The zero-order valence-electron chi connectivity index (χ0n) is 9.77. The Labute approximate surface area is 94.8 Å². The van der Waals surface area contributed by atoms with Crippen molar-refractivity contribution in [3.05, 3.63) is 12.3 Å². The van der Waals surface area contributed by atoms with Crippen LogP contribution in [0, 0.1) is 0 Å². The van der Waals surface area contributed by atoms with Crippen LogP contribution >= 0.6 is 0 Å². The molecule has 1 rings (SSSR count). The van der Waals surface area contributed by atoms with Crippen LogP contribution in [0.25, 0.3) is 0 Å². The van der Waals surface area contributed by atoms with Gasteiger partial charge in [0.1, 0.15) is 12.0 Å². The van der Waals surface area contributed by atoms with Gasteiger partial charge >= 0.3 is 5.97 Å². The molecule has 1 aliphatic rings. The van der Waals surface area contributed by atoms with Crippen LogP contribution in [0.4, 0.5) is 0 Å². The van der Waals surface area contributed by atoms with Gasteiger partial charge < -0.3 is 4.74 Å². The number of carbonyl (C=O) groups excluding carboxylic acids is 2. The highest BCUT2D eigenvalue weighted by atomic mass is 16.6. The van der Waals surface area contributed by atoms with Crippen LogP contribution in [-0.2, 0) is 14.3 Å². The van der Waals surface area contributed by atoms with E-state index in [1.54, 1.807) is 33.0 Å². The smallest absolute Gasteiger partial charge is 0.315 e. The summed E-state index contributed by atoms with van der Waals surface area (Å²) in [5, 5.41) is 0. The molecule has 0 aromatic heterocycles. The Hall–Kier alpha value is -1.65. The number of aliphatic imine (C=N–C) groups is 1. The summed E-state index contributed by atoms with van der Waals surface area (Å²) in [7, 11) is 0. The standard InChI is InChI=1S/C11H16N2O3/c1-11(2,3)16-10(15)7-9(14)13-6-4-5-12-8-13/h4-5,8H,6-7H2,1-3H3. The van der Waals surface area contributed by atoms with Crippen LogP contribution in [0.3, 0.4) is 0 Å². The van der Waals surface area contributed by atoms with Crippen LogP contribution in [-0.4, -0.2) is 35.3 Å². The molecule has 16 heavy (non-hydrogen) atoms. The van der Waals surface area contributed by atoms with Crippen LogP contribution < -0.4 is 0 Å². The van der Waals surface area contributed by atoms with Gasteiger partial charge in [0, 0.05) is 12.7 Å². The van der Waals surface area contributed by atoms with Crippen molar-refractivity contribution in [2.75, 3.05) is 6.54 Å². The maximum absolute atomic E-state index is 11.6. The van der Waals surface area contributed by atoms with Gasteiger partial charge in [0.05, 0.1) is 6.34 Å². The molecule has 0 bridgehead atoms. The van der Waals surface area contributed by atoms with E-state index < -0.39 is 11.6 Å². The molecule has 0 atom stereocenters. The fraction of sp³-hybridized carbons (Fsp3) is 0.545. The Balaban J connectivity index is 2.42. The van der Waals surface area contributed by atoms with Gasteiger partial charge in [0.2, 0.25) is 5.91 Å². The van der Waals surface area contributed by atoms with E-state index >= 15 is 0 Å². The summed E-state index contributed by atoms with van der Waals surface area (Å²) in [4.78, 5) is 28.2. The molecule has 88 valence electrons. The summed E-state index contributed by atoms with van der Waals surface area (Å²) < 4.78 is 5.05. The minimum Gasteiger partial charge on any atom is -0.460 e. The maximum Gasteiger partial charge on any atom is 0.315 e. The van der Waals surface area contributed by atoms with Crippen molar-refractivity contribution >= 4 is 18.2 Å². The highest BCUT2D eigenvalue weighted by Gasteiger charge is 2.21. The lowest BCUT2D eigenvalue weighted by atomic mass is 10.2. The highest BCUT2D eigenvalue weighted by Crippen LogP contribution is 2.09. The van der Waals surface area contributed by atoms with Gasteiger partial charge in [-0.15, -0.1) is 0 Å². The van der Waals surface area contributed by atoms with Gasteiger partial charge in [-0.05, 0) is 26.8 Å². The Kier molecular flexibility index (Phi) is 3.82. The van der Waals surface area contributed by atoms with Crippen molar-refractivity contribution in [2.45, 2.75) is 32.8 Å². The molecule has 5 heteroatoms. The average molecular weight is 224 g/mol. The Bertz CT molecular complexity index is 340. The summed E-state index contributed by atoms with van der Waals surface area (Å²) >= 11 is 0. The topological polar surface area (TPSA) is 59.0 Å². The van der Waals surface area contributed by atoms with Gasteiger partial charge in [-0.25, -0.2) is 4.99 Å². The van der Waals surface area contributed by atoms with Gasteiger partial charge in [-0.1, -0.05) is 0 Å². The Morgan fingerprint density at radius 2 is 2.12 bits per heavy atom. The summed E-state index contributed by atoms with van der Waals surface area (Å²) in [5.41, 5.74) is -0.562. The summed E-state index contributed by atoms with van der Waals surface area (Å²) in [6.45, 7) is 5.74. The zero-order valence-corrected chi connectivity index (χ0v) is 9.77. The first-order chi connectivity index (χ1) is 7.38. The predicted octanol–water partition coefficient (Wildman–Crippen LogP) is 1.10. The first-order valence-corrected chi connectivity index (χ1v) is 5.08. The van der Waals surface area contributed by atoms with E-state index in [1.165, 1.54) is 11.2 Å². The number of nitrogens with zero attached hydrogens (tertiary/aromatic N) is 2. The van der Waals surface area contributed by atoms with Crippen LogP contribution in [0.1, 0.15) is 27.2 Å². The first-order valence-electron chi connectivity index (χ1n) is 5.08. The molecule has 0 aromatic carbocycles. The van der Waals surface area contributed by atoms with Gasteiger partial charge in [-0.3, -0.25) is 14.5 Å². The number of hydrogen-bond donors (Lipinski definition) is 0. The van der Waals surface area contributed by atoms with Crippen LogP contribution in [0.2, 0.25) is 0 Å². The molecule has 0 saturated carbocycles. The Morgan fingerprint density at radius 3 is 2.62 bits per heavy atom. The third-order valence-electron chi connectivity index (χ3n) is 1.74. The fourth-order valence-corrected chi connectivity index (χ4v) is 1.16. The third kappa shape index (κ3) is 4.25. The lowest BCUT2D eigenvalue weighted by molar-refractivity contribution is -0.157. The first kappa shape index (κ1) is 12.4. The summed E-state index contributed by atoms with van der Waals surface area (Å²) in [6, 6.07) is 0. The quantitative estimate of drug-likeness (QED) is 0.521. The molecule has 0 saturated heterocycles. The number of carbonyl (C=O) groups is 2. The van der Waals surface area contributed by atoms with Crippen molar-refractivity contribution in [1.82, 2.24) is 4.90 Å². The number of amides is 1. The lowest BCUT2D eigenvalue weighted by Gasteiger charge is -2.21. The molecule has 0 radical (unpaired) electrons. The monoisotopic (exact) mass is 224 g/mol. The second kappa shape index (κ2) is 4.92. The van der Waals surface area contributed by atoms with Crippen LogP contribution in [0.5, 0.6) is 0 Å². The van der Waals surface area contributed by atoms with E-state index in [-0.39, 0.29) is 12.3 Å². The molecular formula is C11H16N2O3. The summed E-state index contributed by atoms with van der Waals surface area (Å²) in [5.74, 6) is -0.817. The molecule has 0 aliphatic carbocycles. The van der Waals surface area contributed by atoms with Crippen molar-refractivity contribution in [3.8, 4) is 0 Å². The van der Waals surface area contributed by atoms with E-state index in [2.05, 4.69) is 4.99 Å². The lowest BCUT2D eigenvalue weighted by Crippen LogP contribution is -2.34. The largest absolute Gasteiger partial charge is 0.460 e. The van der Waals surface area contributed by atoms with Crippen molar-refractivity contribution in [1.29, 1.82) is 0 Å². The molecule has 0 aromatic rings. The van der Waals surface area contributed by atoms with Crippen molar-refractivity contribution in [2.24, 2.45) is 4.99 Å². The molecule has 0 unspecified atom stereocenters. The van der Waals surface area contributed by atoms with E-state index in [0.29, 0.717) is 6.54 Å². The second-order valence-electron chi connectivity index (χ2n) is 4.46. The number of esters is 1. The van der Waals surface area contributed by atoms with Crippen molar-refractivity contribution in [3.63, 3.8) is 0 Å². The average Bonchev–Trinajstić information content (AvgIpc) is 2.16. The maximum atomic E-state index is 11.6. The Morgan fingerprint density at radius 1 is 1.44 bits per heavy atom. The van der Waals surface area contributed by atoms with E-state index in [1.807, 2.05) is 0 Å². The molecule has 1 heterocycles. The number of rotatable bonds is 2. The van der Waals surface area contributed by atoms with Gasteiger partial charge in [-0.2, -0.15) is 0 Å². The van der Waals surface area contributed by atoms with Gasteiger partial charge in [0.25, 0.3) is 0 Å². The normalized spacial score (nSPS) is 15.1. The zero-order chi connectivity index (χ0) is 12.2. The van der Waals surface area contributed by atoms with E-state index in [0.717, 1.165) is 0 Å². The number of ether oxygens (including phenoxy) is 1. The minimum atomic E-state index is -0.562. The van der Waals surface area contributed by atoms with Crippen LogP contribution in [0.15, 0.2) is 17.3 Å². The van der Waals surface area contributed by atoms with E-state index in [9.17, 15) is 9.59 Å². The highest BCUT2D eigenvalue weighted by molar-refractivity contribution is 5.99. The van der Waals surface area contributed by atoms with Crippen molar-refractivity contribution < 1.29 is 14.3 Å². The van der Waals surface area contributed by atoms with Gasteiger partial charge in [0.15, 0.2) is 0 Å². The fourth-order valence-electron chi connectivity index (χ4n) is 1.16. The SMILES string of the molecule is CC(C)(C)OC(=O)CC(=O)N1C=NC=CC1. The predicted molar refractivity (Wildman–Crippen MR) is 59.8 cm³/mol. The summed E-state index contributed by atoms with van der Waals surface area (Å²) in [6.07, 6.45) is 4.51. The molecule has 0 N–H and O–H groups in total. The second-order valence-corrected chi connectivity index (χ2v) is 4.46. The molecule has 0 fully saturated rings. The molecule has 0 spiro atoms.